The van der Waals surface area contributed by atoms with Gasteiger partial charge >= 0.3 is 0 Å². The van der Waals surface area contributed by atoms with Crippen LogP contribution in [0.1, 0.15) is 12.0 Å². The molecule has 0 atom stereocenters. The molecule has 1 aromatic carbocycles. The molecule has 10 heteroatoms. The van der Waals surface area contributed by atoms with Crippen molar-refractivity contribution in [3.8, 4) is 22.6 Å². The molecule has 0 radical (unpaired) electrons. The van der Waals surface area contributed by atoms with Crippen molar-refractivity contribution in [2.75, 3.05) is 13.1 Å². The average molecular weight is 449 g/mol. The summed E-state index contributed by atoms with van der Waals surface area (Å²) in [6.07, 6.45) is 4.80. The third-order valence-corrected chi connectivity index (χ3v) is 5.89. The topological polar surface area (TPSA) is 86.4 Å². The first-order valence-electron chi connectivity index (χ1n) is 10.5. The van der Waals surface area contributed by atoms with Crippen LogP contribution >= 0.6 is 0 Å². The fraction of sp³-hybridized carbons (Fsp3) is 0.217. The molecule has 6 rings (SSSR count). The summed E-state index contributed by atoms with van der Waals surface area (Å²) < 4.78 is 42.0. The predicted octanol–water partition coefficient (Wildman–Crippen LogP) is 4.54. The minimum absolute atomic E-state index is 0.136. The van der Waals surface area contributed by atoms with E-state index in [4.69, 9.17) is 0 Å². The first kappa shape index (κ1) is 19.9. The number of pyridine rings is 2. The predicted molar refractivity (Wildman–Crippen MR) is 117 cm³/mol. The van der Waals surface area contributed by atoms with Gasteiger partial charge < -0.3 is 4.98 Å². The second kappa shape index (κ2) is 7.38. The highest BCUT2D eigenvalue weighted by Gasteiger charge is 2.37. The van der Waals surface area contributed by atoms with E-state index in [1.54, 1.807) is 29.6 Å². The van der Waals surface area contributed by atoms with E-state index in [1.807, 2.05) is 18.2 Å². The van der Waals surface area contributed by atoms with Crippen molar-refractivity contribution in [1.82, 2.24) is 35.0 Å². The monoisotopic (exact) mass is 449 g/mol. The number of likely N-dealkylation sites (tertiary alicyclic amines) is 1. The molecule has 33 heavy (non-hydrogen) atoms. The van der Waals surface area contributed by atoms with Gasteiger partial charge in [0.2, 0.25) is 0 Å². The number of nitrogens with one attached hydrogen (secondary N) is 2. The van der Waals surface area contributed by atoms with Gasteiger partial charge in [-0.15, -0.1) is 0 Å². The summed E-state index contributed by atoms with van der Waals surface area (Å²) in [5.74, 6) is -2.63. The molecule has 5 aromatic rings. The van der Waals surface area contributed by atoms with E-state index < -0.39 is 11.7 Å². The lowest BCUT2D eigenvalue weighted by atomic mass is 10.0. The molecule has 0 saturated carbocycles. The van der Waals surface area contributed by atoms with Crippen molar-refractivity contribution in [3.05, 3.63) is 60.3 Å². The number of fused-ring (bicyclic) bond motifs is 2. The summed E-state index contributed by atoms with van der Waals surface area (Å²) in [7, 11) is 0. The zero-order chi connectivity index (χ0) is 22.6. The standard InChI is InChI=1S/C23H18F3N7/c24-17-8-14(15-6-13(9-27-10-15)11-33-5-3-23(25,26)12-33)7-16-19(17)31-32-20(16)22-29-18-2-1-4-28-21(18)30-22/h1-2,4,6-10H,3,5,11-12H2,(H,31,32)(H,28,29,30). The quantitative estimate of drug-likeness (QED) is 0.421. The van der Waals surface area contributed by atoms with E-state index in [0.717, 1.165) is 11.1 Å². The van der Waals surface area contributed by atoms with Crippen LogP contribution in [0.15, 0.2) is 48.9 Å². The summed E-state index contributed by atoms with van der Waals surface area (Å²) in [4.78, 5) is 17.8. The maximum atomic E-state index is 14.9. The third-order valence-electron chi connectivity index (χ3n) is 5.89. The summed E-state index contributed by atoms with van der Waals surface area (Å²) in [6.45, 7) is 0.440. The highest BCUT2D eigenvalue weighted by Crippen LogP contribution is 2.33. The molecule has 0 amide bonds. The normalized spacial score (nSPS) is 16.2. The largest absolute Gasteiger partial charge is 0.335 e. The summed E-state index contributed by atoms with van der Waals surface area (Å²) in [5, 5.41) is 7.56. The molecule has 7 nitrogen and oxygen atoms in total. The number of imidazole rings is 1. The number of halogens is 3. The molecule has 0 spiro atoms. The Balaban J connectivity index is 1.38. The lowest BCUT2D eigenvalue weighted by molar-refractivity contribution is 0.0115. The van der Waals surface area contributed by atoms with Gasteiger partial charge in [-0.1, -0.05) is 0 Å². The van der Waals surface area contributed by atoms with Crippen LogP contribution in [0.4, 0.5) is 13.2 Å². The number of rotatable bonds is 4. The van der Waals surface area contributed by atoms with E-state index >= 15 is 0 Å². The third kappa shape index (κ3) is 3.62. The van der Waals surface area contributed by atoms with Crippen LogP contribution in [-0.4, -0.2) is 54.0 Å². The van der Waals surface area contributed by atoms with E-state index in [1.165, 1.54) is 6.07 Å². The number of benzene rings is 1. The van der Waals surface area contributed by atoms with Crippen LogP contribution in [0, 0.1) is 5.82 Å². The zero-order valence-corrected chi connectivity index (χ0v) is 17.3. The summed E-state index contributed by atoms with van der Waals surface area (Å²) >= 11 is 0. The van der Waals surface area contributed by atoms with Crippen molar-refractivity contribution in [2.24, 2.45) is 0 Å². The Morgan fingerprint density at radius 2 is 2.03 bits per heavy atom. The van der Waals surface area contributed by atoms with Crippen molar-refractivity contribution < 1.29 is 13.2 Å². The lowest BCUT2D eigenvalue weighted by Gasteiger charge is -2.15. The number of aromatic amines is 2. The number of aromatic nitrogens is 6. The van der Waals surface area contributed by atoms with Gasteiger partial charge in [0.15, 0.2) is 17.3 Å². The highest BCUT2D eigenvalue weighted by molar-refractivity contribution is 5.95. The molecule has 2 N–H and O–H groups in total. The zero-order valence-electron chi connectivity index (χ0n) is 17.3. The van der Waals surface area contributed by atoms with Gasteiger partial charge in [-0.3, -0.25) is 15.0 Å². The lowest BCUT2D eigenvalue weighted by Crippen LogP contribution is -2.24. The Labute approximate surface area is 185 Å². The highest BCUT2D eigenvalue weighted by atomic mass is 19.3. The molecule has 1 aliphatic heterocycles. The molecule has 0 aliphatic carbocycles. The molecule has 1 aliphatic rings. The minimum Gasteiger partial charge on any atom is -0.335 e. The smallest absolute Gasteiger partial charge is 0.261 e. The molecule has 5 heterocycles. The van der Waals surface area contributed by atoms with Crippen LogP contribution in [0.25, 0.3) is 44.7 Å². The molecule has 1 saturated heterocycles. The van der Waals surface area contributed by atoms with E-state index in [2.05, 4.69) is 30.1 Å². The van der Waals surface area contributed by atoms with Crippen molar-refractivity contribution in [2.45, 2.75) is 18.9 Å². The Morgan fingerprint density at radius 1 is 1.12 bits per heavy atom. The van der Waals surface area contributed by atoms with E-state index in [0.29, 0.717) is 46.8 Å². The van der Waals surface area contributed by atoms with E-state index in [-0.39, 0.29) is 18.5 Å². The molecule has 4 aromatic heterocycles. The Kier molecular flexibility index (Phi) is 4.44. The van der Waals surface area contributed by atoms with Crippen LogP contribution in [-0.2, 0) is 6.54 Å². The van der Waals surface area contributed by atoms with Crippen molar-refractivity contribution in [1.29, 1.82) is 0 Å². The SMILES string of the molecule is Fc1cc(-c2cncc(CN3CCC(F)(F)C3)c2)cc2c(-c3nc4ncccc4[nH]3)[nH]nc12. The molecular formula is C23H18F3N7. The average Bonchev–Trinajstić information content (AvgIpc) is 3.50. The Morgan fingerprint density at radius 3 is 2.85 bits per heavy atom. The summed E-state index contributed by atoms with van der Waals surface area (Å²) in [6, 6.07) is 8.74. The molecule has 166 valence electrons. The van der Waals surface area contributed by atoms with Gasteiger partial charge in [0.25, 0.3) is 5.92 Å². The number of H-pyrrole nitrogens is 2. The van der Waals surface area contributed by atoms with Gasteiger partial charge in [0.1, 0.15) is 11.2 Å². The number of hydrogen-bond donors (Lipinski definition) is 2. The van der Waals surface area contributed by atoms with Gasteiger partial charge in [-0.2, -0.15) is 5.10 Å². The van der Waals surface area contributed by atoms with Gasteiger partial charge in [0, 0.05) is 49.1 Å². The van der Waals surface area contributed by atoms with Crippen molar-refractivity contribution in [3.63, 3.8) is 0 Å². The maximum absolute atomic E-state index is 14.9. The van der Waals surface area contributed by atoms with Crippen LogP contribution < -0.4 is 0 Å². The van der Waals surface area contributed by atoms with Gasteiger partial charge in [-0.05, 0) is 41.5 Å². The van der Waals surface area contributed by atoms with Gasteiger partial charge in [0.05, 0.1) is 12.1 Å². The number of nitrogens with zero attached hydrogens (tertiary/aromatic N) is 5. The second-order valence-corrected chi connectivity index (χ2v) is 8.31. The first-order valence-corrected chi connectivity index (χ1v) is 10.5. The fourth-order valence-corrected chi connectivity index (χ4v) is 4.32. The Bertz CT molecular complexity index is 1460. The van der Waals surface area contributed by atoms with Crippen LogP contribution in [0.3, 0.4) is 0 Å². The van der Waals surface area contributed by atoms with Gasteiger partial charge in [-0.25, -0.2) is 23.1 Å². The van der Waals surface area contributed by atoms with Crippen LogP contribution in [0.5, 0.6) is 0 Å². The van der Waals surface area contributed by atoms with Crippen LogP contribution in [0.2, 0.25) is 0 Å². The summed E-state index contributed by atoms with van der Waals surface area (Å²) in [5.41, 5.74) is 4.16. The molecule has 0 unspecified atom stereocenters. The molecule has 1 fully saturated rings. The van der Waals surface area contributed by atoms with E-state index in [9.17, 15) is 13.2 Å². The number of alkyl halides is 2. The fourth-order valence-electron chi connectivity index (χ4n) is 4.32. The molecule has 0 bridgehead atoms. The maximum Gasteiger partial charge on any atom is 0.261 e. The number of hydrogen-bond acceptors (Lipinski definition) is 5. The molecular weight excluding hydrogens is 431 g/mol. The Hall–Kier alpha value is -3.79. The minimum atomic E-state index is -2.65. The first-order chi connectivity index (χ1) is 15.9. The second-order valence-electron chi connectivity index (χ2n) is 8.31. The van der Waals surface area contributed by atoms with Crippen molar-refractivity contribution >= 4 is 22.1 Å².